The third-order valence-electron chi connectivity index (χ3n) is 2.83. The van der Waals surface area contributed by atoms with E-state index in [1.807, 2.05) is 44.2 Å². The molecule has 0 aliphatic rings. The molecule has 0 atom stereocenters. The molecule has 0 spiro atoms. The second-order valence-electron chi connectivity index (χ2n) is 4.22. The molecule has 0 heterocycles. The molecule has 2 aromatic rings. The van der Waals surface area contributed by atoms with Crippen LogP contribution in [0.15, 0.2) is 48.5 Å². The van der Waals surface area contributed by atoms with Gasteiger partial charge in [-0.1, -0.05) is 30.3 Å². The maximum absolute atomic E-state index is 12.2. The van der Waals surface area contributed by atoms with Gasteiger partial charge in [0.15, 0.2) is 0 Å². The first-order valence-electron chi connectivity index (χ1n) is 6.47. The number of ether oxygens (including phenoxy) is 1. The van der Waals surface area contributed by atoms with Gasteiger partial charge in [0.1, 0.15) is 5.75 Å². The number of benzene rings is 2. The van der Waals surface area contributed by atoms with Crippen molar-refractivity contribution in [2.75, 3.05) is 6.61 Å². The van der Waals surface area contributed by atoms with E-state index < -0.39 is 0 Å². The maximum Gasteiger partial charge on any atom is 0.343 e. The van der Waals surface area contributed by atoms with Crippen LogP contribution in [0.4, 0.5) is 0 Å². The standard InChI is InChI=1S/C16H16O3Si/c1-3-18-20-15-11-7-10-14(12(15)2)16(17)19-13-8-5-4-6-9-13/h4-11H,3H2,1-2H3. The Morgan fingerprint density at radius 1 is 1.10 bits per heavy atom. The van der Waals surface area contributed by atoms with Gasteiger partial charge in [-0.15, -0.1) is 0 Å². The average molecular weight is 284 g/mol. The predicted molar refractivity (Wildman–Crippen MR) is 79.6 cm³/mol. The monoisotopic (exact) mass is 284 g/mol. The smallest absolute Gasteiger partial charge is 0.343 e. The van der Waals surface area contributed by atoms with E-state index in [0.717, 1.165) is 10.8 Å². The Morgan fingerprint density at radius 2 is 1.85 bits per heavy atom. The van der Waals surface area contributed by atoms with Crippen LogP contribution in [0.5, 0.6) is 5.75 Å². The largest absolute Gasteiger partial charge is 0.423 e. The van der Waals surface area contributed by atoms with Gasteiger partial charge in [-0.05, 0) is 42.8 Å². The Labute approximate surface area is 121 Å². The molecule has 2 rings (SSSR count). The normalized spacial score (nSPS) is 10.3. The van der Waals surface area contributed by atoms with Gasteiger partial charge in [0.2, 0.25) is 0 Å². The number of carbonyl (C=O) groups excluding carboxylic acids is 1. The van der Waals surface area contributed by atoms with Gasteiger partial charge in [-0.25, -0.2) is 4.79 Å². The molecule has 0 saturated heterocycles. The van der Waals surface area contributed by atoms with Crippen molar-refractivity contribution in [2.24, 2.45) is 0 Å². The summed E-state index contributed by atoms with van der Waals surface area (Å²) in [5.41, 5.74) is 1.50. The van der Waals surface area contributed by atoms with Crippen molar-refractivity contribution < 1.29 is 14.0 Å². The van der Waals surface area contributed by atoms with E-state index in [2.05, 4.69) is 0 Å². The Balaban J connectivity index is 2.17. The van der Waals surface area contributed by atoms with Crippen molar-refractivity contribution in [3.63, 3.8) is 0 Å². The zero-order valence-electron chi connectivity index (χ0n) is 11.6. The number of esters is 1. The summed E-state index contributed by atoms with van der Waals surface area (Å²) in [6.45, 7) is 4.54. The van der Waals surface area contributed by atoms with E-state index in [1.165, 1.54) is 0 Å². The molecule has 20 heavy (non-hydrogen) atoms. The number of carbonyl (C=O) groups is 1. The van der Waals surface area contributed by atoms with E-state index in [1.54, 1.807) is 18.2 Å². The molecule has 4 heteroatoms. The molecule has 3 nitrogen and oxygen atoms in total. The molecule has 0 fully saturated rings. The Hall–Kier alpha value is -1.91. The fraction of sp³-hybridized carbons (Fsp3) is 0.188. The zero-order chi connectivity index (χ0) is 14.4. The summed E-state index contributed by atoms with van der Waals surface area (Å²) in [5, 5.41) is 1.04. The summed E-state index contributed by atoms with van der Waals surface area (Å²) in [6, 6.07) is 14.7. The zero-order valence-corrected chi connectivity index (χ0v) is 12.6. The predicted octanol–water partition coefficient (Wildman–Crippen LogP) is 2.50. The second kappa shape index (κ2) is 7.03. The molecule has 102 valence electrons. The highest BCUT2D eigenvalue weighted by atomic mass is 28.2. The first kappa shape index (κ1) is 14.5. The lowest BCUT2D eigenvalue weighted by molar-refractivity contribution is 0.0734. The summed E-state index contributed by atoms with van der Waals surface area (Å²) < 4.78 is 10.8. The van der Waals surface area contributed by atoms with Crippen LogP contribution in [0.25, 0.3) is 0 Å². The van der Waals surface area contributed by atoms with Gasteiger partial charge in [0.05, 0.1) is 5.56 Å². The average Bonchev–Trinajstić information content (AvgIpc) is 2.47. The summed E-state index contributed by atoms with van der Waals surface area (Å²) in [4.78, 5) is 12.2. The van der Waals surface area contributed by atoms with E-state index >= 15 is 0 Å². The molecule has 0 saturated carbocycles. The van der Waals surface area contributed by atoms with E-state index in [0.29, 0.717) is 17.9 Å². The molecule has 2 aromatic carbocycles. The number of hydrogen-bond acceptors (Lipinski definition) is 3. The highest BCUT2D eigenvalue weighted by Crippen LogP contribution is 2.13. The van der Waals surface area contributed by atoms with Crippen molar-refractivity contribution in [3.05, 3.63) is 59.7 Å². The van der Waals surface area contributed by atoms with E-state index in [-0.39, 0.29) is 15.7 Å². The lowest BCUT2D eigenvalue weighted by atomic mass is 10.1. The Bertz CT molecular complexity index is 582. The van der Waals surface area contributed by atoms with Crippen LogP contribution in [0.1, 0.15) is 22.8 Å². The van der Waals surface area contributed by atoms with Crippen LogP contribution in [-0.2, 0) is 4.43 Å². The van der Waals surface area contributed by atoms with Crippen LogP contribution >= 0.6 is 0 Å². The highest BCUT2D eigenvalue weighted by molar-refractivity contribution is 6.47. The SMILES string of the molecule is CCO[Si]c1cccc(C(=O)Oc2ccccc2)c1C. The van der Waals surface area contributed by atoms with Crippen molar-refractivity contribution in [1.29, 1.82) is 0 Å². The first-order chi connectivity index (χ1) is 9.72. The minimum Gasteiger partial charge on any atom is -0.423 e. The molecular formula is C16H16O3Si. The van der Waals surface area contributed by atoms with Gasteiger partial charge < -0.3 is 9.16 Å². The molecule has 0 amide bonds. The molecular weight excluding hydrogens is 268 g/mol. The summed E-state index contributed by atoms with van der Waals surface area (Å²) in [5.74, 6) is 0.214. The number of hydrogen-bond donors (Lipinski definition) is 0. The molecule has 2 radical (unpaired) electrons. The summed E-state index contributed by atoms with van der Waals surface area (Å²) in [6.07, 6.45) is 0. The molecule has 0 N–H and O–H groups in total. The number of rotatable bonds is 5. The van der Waals surface area contributed by atoms with Crippen LogP contribution in [0.2, 0.25) is 0 Å². The molecule has 0 aliphatic carbocycles. The highest BCUT2D eigenvalue weighted by Gasteiger charge is 2.14. The topological polar surface area (TPSA) is 35.5 Å². The maximum atomic E-state index is 12.2. The van der Waals surface area contributed by atoms with Gasteiger partial charge in [-0.3, -0.25) is 0 Å². The fourth-order valence-electron chi connectivity index (χ4n) is 1.77. The lowest BCUT2D eigenvalue weighted by Crippen LogP contribution is -2.24. The molecule has 0 unspecified atom stereocenters. The van der Waals surface area contributed by atoms with Crippen LogP contribution < -0.4 is 9.92 Å². The summed E-state index contributed by atoms with van der Waals surface area (Å²) in [7, 11) is 0.253. The van der Waals surface area contributed by atoms with Gasteiger partial charge in [0, 0.05) is 6.61 Å². The Morgan fingerprint density at radius 3 is 2.55 bits per heavy atom. The Kier molecular flexibility index (Phi) is 5.09. The van der Waals surface area contributed by atoms with Gasteiger partial charge in [-0.2, -0.15) is 0 Å². The third kappa shape index (κ3) is 3.56. The quantitative estimate of drug-likeness (QED) is 0.481. The van der Waals surface area contributed by atoms with Crippen molar-refractivity contribution in [3.8, 4) is 5.75 Å². The second-order valence-corrected chi connectivity index (χ2v) is 5.25. The third-order valence-corrected chi connectivity index (χ3v) is 4.03. The molecule has 0 bridgehead atoms. The van der Waals surface area contributed by atoms with Crippen molar-refractivity contribution in [1.82, 2.24) is 0 Å². The first-order valence-corrected chi connectivity index (χ1v) is 7.38. The van der Waals surface area contributed by atoms with Crippen LogP contribution in [0, 0.1) is 6.92 Å². The van der Waals surface area contributed by atoms with Crippen molar-refractivity contribution in [2.45, 2.75) is 13.8 Å². The number of para-hydroxylation sites is 1. The minimum absolute atomic E-state index is 0.253. The lowest BCUT2D eigenvalue weighted by Gasteiger charge is -2.10. The molecule has 0 aromatic heterocycles. The summed E-state index contributed by atoms with van der Waals surface area (Å²) >= 11 is 0. The van der Waals surface area contributed by atoms with E-state index in [4.69, 9.17) is 9.16 Å². The van der Waals surface area contributed by atoms with Crippen LogP contribution in [0.3, 0.4) is 0 Å². The van der Waals surface area contributed by atoms with E-state index in [9.17, 15) is 4.79 Å². The fourth-order valence-corrected chi connectivity index (χ4v) is 2.52. The minimum atomic E-state index is -0.336. The molecule has 0 aliphatic heterocycles. The van der Waals surface area contributed by atoms with Gasteiger partial charge >= 0.3 is 5.97 Å². The van der Waals surface area contributed by atoms with Gasteiger partial charge in [0.25, 0.3) is 9.76 Å². The van der Waals surface area contributed by atoms with Crippen LogP contribution in [-0.4, -0.2) is 22.3 Å². The van der Waals surface area contributed by atoms with Crippen molar-refractivity contribution >= 4 is 20.9 Å².